The molecule has 0 atom stereocenters. The Kier molecular flexibility index (Phi) is 5.87. The molecule has 13 heavy (non-hydrogen) atoms. The van der Waals surface area contributed by atoms with E-state index in [-0.39, 0.29) is 0 Å². The first-order valence-electron chi connectivity index (χ1n) is 5.10. The molecule has 1 rings (SSSR count). The lowest BCUT2D eigenvalue weighted by atomic mass is 10.2. The first-order valence-corrected chi connectivity index (χ1v) is 5.10. The van der Waals surface area contributed by atoms with Gasteiger partial charge in [-0.3, -0.25) is 0 Å². The van der Waals surface area contributed by atoms with Gasteiger partial charge in [0, 0.05) is 0 Å². The summed E-state index contributed by atoms with van der Waals surface area (Å²) in [6, 6.07) is 0. The highest BCUT2D eigenvalue weighted by atomic mass is 13.9. The second kappa shape index (κ2) is 7.60. The largest absolute Gasteiger partial charge is 0.0879 e. The van der Waals surface area contributed by atoms with Crippen LogP contribution in [0, 0.1) is 0 Å². The van der Waals surface area contributed by atoms with Gasteiger partial charge < -0.3 is 0 Å². The van der Waals surface area contributed by atoms with Gasteiger partial charge in [0.15, 0.2) is 0 Å². The van der Waals surface area contributed by atoms with E-state index < -0.39 is 0 Å². The fourth-order valence-corrected chi connectivity index (χ4v) is 1.24. The molecule has 0 nitrogen and oxygen atoms in total. The summed E-state index contributed by atoms with van der Waals surface area (Å²) in [6.07, 6.45) is 23.5. The predicted octanol–water partition coefficient (Wildman–Crippen LogP) is 4.18. The molecule has 0 bridgehead atoms. The Hall–Kier alpha value is -1.04. The van der Waals surface area contributed by atoms with Gasteiger partial charge in [-0.05, 0) is 32.1 Å². The Balaban J connectivity index is 2.38. The highest BCUT2D eigenvalue weighted by Crippen LogP contribution is 1.99. The molecule has 0 aromatic heterocycles. The predicted molar refractivity (Wildman–Crippen MR) is 59.6 cm³/mol. The SMILES string of the molecule is C1=CCC/C=C\C/C=C\C/C=C/C1. The van der Waals surface area contributed by atoms with Crippen molar-refractivity contribution in [1.29, 1.82) is 0 Å². The van der Waals surface area contributed by atoms with E-state index in [0.717, 1.165) is 19.3 Å². The normalized spacial score (nSPS) is 26.5. The number of hydrogen-bond donors (Lipinski definition) is 0. The van der Waals surface area contributed by atoms with Crippen LogP contribution in [0.4, 0.5) is 0 Å². The van der Waals surface area contributed by atoms with Crippen molar-refractivity contribution in [3.63, 3.8) is 0 Å². The smallest absolute Gasteiger partial charge is 0.0169 e. The third-order valence-corrected chi connectivity index (χ3v) is 1.98. The van der Waals surface area contributed by atoms with Crippen LogP contribution in [0.3, 0.4) is 0 Å². The number of allylic oxidation sites excluding steroid dienone is 8. The average Bonchev–Trinajstić information content (AvgIpc) is 2.18. The Morgan fingerprint density at radius 2 is 0.692 bits per heavy atom. The van der Waals surface area contributed by atoms with Crippen molar-refractivity contribution in [2.24, 2.45) is 0 Å². The Morgan fingerprint density at radius 1 is 0.385 bits per heavy atom. The van der Waals surface area contributed by atoms with Gasteiger partial charge in [-0.1, -0.05) is 48.6 Å². The minimum atomic E-state index is 1.07. The fraction of sp³-hybridized carbons (Fsp3) is 0.385. The van der Waals surface area contributed by atoms with Crippen LogP contribution in [-0.2, 0) is 0 Å². The first kappa shape index (κ1) is 10.0. The van der Waals surface area contributed by atoms with Gasteiger partial charge in [0.2, 0.25) is 0 Å². The second-order valence-corrected chi connectivity index (χ2v) is 3.17. The van der Waals surface area contributed by atoms with Crippen LogP contribution < -0.4 is 0 Å². The fourth-order valence-electron chi connectivity index (χ4n) is 1.24. The van der Waals surface area contributed by atoms with E-state index in [9.17, 15) is 0 Å². The van der Waals surface area contributed by atoms with Crippen LogP contribution >= 0.6 is 0 Å². The van der Waals surface area contributed by atoms with Crippen molar-refractivity contribution in [3.8, 4) is 0 Å². The molecule has 0 N–H and O–H groups in total. The van der Waals surface area contributed by atoms with Crippen molar-refractivity contribution < 1.29 is 0 Å². The number of hydrogen-bond acceptors (Lipinski definition) is 0. The summed E-state index contributed by atoms with van der Waals surface area (Å²) in [5, 5.41) is 0. The zero-order valence-electron chi connectivity index (χ0n) is 8.15. The lowest BCUT2D eigenvalue weighted by Gasteiger charge is -1.85. The highest BCUT2D eigenvalue weighted by Gasteiger charge is 1.78. The van der Waals surface area contributed by atoms with Gasteiger partial charge >= 0.3 is 0 Å². The molecule has 0 heterocycles. The minimum absolute atomic E-state index is 1.07. The van der Waals surface area contributed by atoms with Crippen molar-refractivity contribution in [1.82, 2.24) is 0 Å². The van der Waals surface area contributed by atoms with Crippen molar-refractivity contribution >= 4 is 0 Å². The van der Waals surface area contributed by atoms with Crippen molar-refractivity contribution in [2.45, 2.75) is 32.1 Å². The van der Waals surface area contributed by atoms with E-state index in [2.05, 4.69) is 48.6 Å². The van der Waals surface area contributed by atoms with Crippen LogP contribution in [0.5, 0.6) is 0 Å². The Labute approximate surface area is 81.4 Å². The van der Waals surface area contributed by atoms with Gasteiger partial charge in [0.1, 0.15) is 0 Å². The first-order chi connectivity index (χ1) is 6.50. The molecule has 70 valence electrons. The highest BCUT2D eigenvalue weighted by molar-refractivity contribution is 5.00. The van der Waals surface area contributed by atoms with Crippen LogP contribution in [0.25, 0.3) is 0 Å². The Morgan fingerprint density at radius 3 is 1.08 bits per heavy atom. The topological polar surface area (TPSA) is 0 Å². The average molecular weight is 174 g/mol. The molecule has 0 saturated carbocycles. The molecule has 0 unspecified atom stereocenters. The Bertz CT molecular complexity index is 192. The summed E-state index contributed by atoms with van der Waals surface area (Å²) in [5.74, 6) is 0. The lowest BCUT2D eigenvalue weighted by molar-refractivity contribution is 1.04. The summed E-state index contributed by atoms with van der Waals surface area (Å²) in [5.41, 5.74) is 0. The maximum Gasteiger partial charge on any atom is -0.0169 e. The molecule has 1 aliphatic carbocycles. The monoisotopic (exact) mass is 174 g/mol. The summed E-state index contributed by atoms with van der Waals surface area (Å²) >= 11 is 0. The van der Waals surface area contributed by atoms with Gasteiger partial charge in [0.25, 0.3) is 0 Å². The molecule has 0 aromatic carbocycles. The minimum Gasteiger partial charge on any atom is -0.0879 e. The molecule has 0 amide bonds. The molecular weight excluding hydrogens is 156 g/mol. The van der Waals surface area contributed by atoms with Gasteiger partial charge in [0.05, 0.1) is 0 Å². The summed E-state index contributed by atoms with van der Waals surface area (Å²) in [7, 11) is 0. The summed E-state index contributed by atoms with van der Waals surface area (Å²) in [6.45, 7) is 0. The lowest BCUT2D eigenvalue weighted by Crippen LogP contribution is -1.65. The third kappa shape index (κ3) is 6.15. The summed E-state index contributed by atoms with van der Waals surface area (Å²) in [4.78, 5) is 0. The van der Waals surface area contributed by atoms with Crippen LogP contribution in [0.15, 0.2) is 48.6 Å². The van der Waals surface area contributed by atoms with Crippen LogP contribution in [-0.4, -0.2) is 0 Å². The van der Waals surface area contributed by atoms with Gasteiger partial charge in [-0.15, -0.1) is 0 Å². The van der Waals surface area contributed by atoms with Crippen LogP contribution in [0.1, 0.15) is 32.1 Å². The molecular formula is C13H18. The van der Waals surface area contributed by atoms with E-state index in [1.54, 1.807) is 0 Å². The van der Waals surface area contributed by atoms with Gasteiger partial charge in [-0.2, -0.15) is 0 Å². The van der Waals surface area contributed by atoms with Crippen molar-refractivity contribution in [2.75, 3.05) is 0 Å². The third-order valence-electron chi connectivity index (χ3n) is 1.98. The number of rotatable bonds is 0. The summed E-state index contributed by atoms with van der Waals surface area (Å²) < 4.78 is 0. The van der Waals surface area contributed by atoms with Crippen LogP contribution in [0.2, 0.25) is 0 Å². The zero-order chi connectivity index (χ0) is 9.19. The molecule has 0 saturated heterocycles. The van der Waals surface area contributed by atoms with E-state index >= 15 is 0 Å². The molecule has 1 aliphatic rings. The molecule has 0 spiro atoms. The molecule has 0 aliphatic heterocycles. The molecule has 0 fully saturated rings. The zero-order valence-corrected chi connectivity index (χ0v) is 8.15. The van der Waals surface area contributed by atoms with E-state index in [0.29, 0.717) is 0 Å². The molecule has 0 radical (unpaired) electrons. The molecule has 0 aromatic rings. The van der Waals surface area contributed by atoms with E-state index in [1.165, 1.54) is 12.8 Å². The quantitative estimate of drug-likeness (QED) is 0.483. The van der Waals surface area contributed by atoms with Crippen molar-refractivity contribution in [3.05, 3.63) is 48.6 Å². The van der Waals surface area contributed by atoms with E-state index in [1.807, 2.05) is 0 Å². The van der Waals surface area contributed by atoms with Gasteiger partial charge in [-0.25, -0.2) is 0 Å². The maximum absolute atomic E-state index is 2.26. The molecule has 0 heteroatoms. The van der Waals surface area contributed by atoms with E-state index in [4.69, 9.17) is 0 Å². The maximum atomic E-state index is 2.26. The standard InChI is InChI=1S/C13H18/c1-2-4-6-8-10-12-13-11-9-7-5-3-1/h1-2,5-8,11,13H,3-4,9-10,12H2/b2-1-,7-5+,8-6-,13-11?. The second-order valence-electron chi connectivity index (χ2n) is 3.17.